The van der Waals surface area contributed by atoms with Crippen LogP contribution in [0.2, 0.25) is 0 Å². The Morgan fingerprint density at radius 3 is 2.67 bits per heavy atom. The molecule has 2 aromatic heterocycles. The van der Waals surface area contributed by atoms with E-state index in [-0.39, 0.29) is 5.91 Å². The molecule has 3 aromatic rings. The van der Waals surface area contributed by atoms with E-state index in [0.29, 0.717) is 30.9 Å². The van der Waals surface area contributed by atoms with Crippen LogP contribution >= 0.6 is 0 Å². The van der Waals surface area contributed by atoms with E-state index in [1.807, 2.05) is 43.3 Å². The van der Waals surface area contributed by atoms with Crippen molar-refractivity contribution in [1.82, 2.24) is 15.0 Å². The lowest BCUT2D eigenvalue weighted by molar-refractivity contribution is -0.127. The number of ether oxygens (including phenoxy) is 2. The molecule has 1 aliphatic heterocycles. The summed E-state index contributed by atoms with van der Waals surface area (Å²) in [6.07, 6.45) is 3.64. The molecule has 0 atom stereocenters. The lowest BCUT2D eigenvalue weighted by atomic mass is 10.0. The first kappa shape index (κ1) is 19.8. The molecular weight excluding hydrogens is 380 g/mol. The molecule has 7 nitrogen and oxygen atoms in total. The van der Waals surface area contributed by atoms with Crippen LogP contribution in [0.25, 0.3) is 10.9 Å². The van der Waals surface area contributed by atoms with Crippen LogP contribution in [0.15, 0.2) is 47.7 Å². The smallest absolute Gasteiger partial charge is 0.242 e. The van der Waals surface area contributed by atoms with E-state index in [9.17, 15) is 4.79 Å². The Labute approximate surface area is 175 Å². The van der Waals surface area contributed by atoms with Crippen molar-refractivity contribution >= 4 is 22.5 Å². The van der Waals surface area contributed by atoms with E-state index >= 15 is 0 Å². The summed E-state index contributed by atoms with van der Waals surface area (Å²) in [5.74, 6) is 1.32. The van der Waals surface area contributed by atoms with Crippen molar-refractivity contribution in [1.29, 1.82) is 0 Å². The lowest BCUT2D eigenvalue weighted by Crippen LogP contribution is -2.22. The van der Waals surface area contributed by atoms with E-state index in [4.69, 9.17) is 14.6 Å². The van der Waals surface area contributed by atoms with Gasteiger partial charge in [0.15, 0.2) is 11.5 Å². The summed E-state index contributed by atoms with van der Waals surface area (Å²) in [6, 6.07) is 11.6. The molecule has 0 aliphatic carbocycles. The van der Waals surface area contributed by atoms with Gasteiger partial charge in [0.05, 0.1) is 31.1 Å². The van der Waals surface area contributed by atoms with E-state index in [2.05, 4.69) is 9.97 Å². The molecule has 0 N–H and O–H groups in total. The largest absolute Gasteiger partial charge is 0.493 e. The number of carbonyl (C=O) groups excluding carboxylic acids is 1. The maximum absolute atomic E-state index is 12.2. The second kappa shape index (κ2) is 8.49. The van der Waals surface area contributed by atoms with Crippen molar-refractivity contribution in [3.63, 3.8) is 0 Å². The normalized spacial score (nSPS) is 14.4. The summed E-state index contributed by atoms with van der Waals surface area (Å²) >= 11 is 0. The minimum absolute atomic E-state index is 0.0474. The molecule has 0 spiro atoms. The van der Waals surface area contributed by atoms with Gasteiger partial charge in [-0.25, -0.2) is 5.01 Å². The Bertz CT molecular complexity index is 1130. The highest BCUT2D eigenvalue weighted by Gasteiger charge is 2.22. The molecule has 0 saturated carbocycles. The van der Waals surface area contributed by atoms with Crippen LogP contribution in [-0.4, -0.2) is 47.4 Å². The van der Waals surface area contributed by atoms with Gasteiger partial charge in [-0.15, -0.1) is 0 Å². The fourth-order valence-corrected chi connectivity index (χ4v) is 3.63. The Morgan fingerprint density at radius 2 is 1.97 bits per heavy atom. The van der Waals surface area contributed by atoms with Gasteiger partial charge in [-0.2, -0.15) is 5.10 Å². The third kappa shape index (κ3) is 3.96. The highest BCUT2D eigenvalue weighted by Crippen LogP contribution is 2.33. The van der Waals surface area contributed by atoms with Gasteiger partial charge < -0.3 is 9.47 Å². The van der Waals surface area contributed by atoms with Crippen molar-refractivity contribution in [3.05, 3.63) is 59.5 Å². The van der Waals surface area contributed by atoms with Crippen LogP contribution in [0, 0.1) is 6.92 Å². The first-order valence-corrected chi connectivity index (χ1v) is 9.90. The van der Waals surface area contributed by atoms with E-state index in [1.165, 1.54) is 0 Å². The maximum atomic E-state index is 12.2. The van der Waals surface area contributed by atoms with Crippen molar-refractivity contribution in [3.8, 4) is 11.5 Å². The van der Waals surface area contributed by atoms with Crippen molar-refractivity contribution in [2.45, 2.75) is 26.2 Å². The predicted octanol–water partition coefficient (Wildman–Crippen LogP) is 3.52. The van der Waals surface area contributed by atoms with Gasteiger partial charge in [0, 0.05) is 42.7 Å². The highest BCUT2D eigenvalue weighted by molar-refractivity contribution is 6.03. The molecular formula is C23H24N4O3. The molecule has 30 heavy (non-hydrogen) atoms. The van der Waals surface area contributed by atoms with Crippen LogP contribution in [0.3, 0.4) is 0 Å². The summed E-state index contributed by atoms with van der Waals surface area (Å²) in [7, 11) is 3.22. The third-order valence-corrected chi connectivity index (χ3v) is 5.17. The van der Waals surface area contributed by atoms with Crippen molar-refractivity contribution in [2.75, 3.05) is 20.8 Å². The summed E-state index contributed by atoms with van der Waals surface area (Å²) in [5, 5.41) is 7.22. The summed E-state index contributed by atoms with van der Waals surface area (Å²) in [4.78, 5) is 21.3. The molecule has 3 heterocycles. The number of fused-ring (bicyclic) bond motifs is 1. The number of carbonyl (C=O) groups is 1. The van der Waals surface area contributed by atoms with Gasteiger partial charge in [-0.1, -0.05) is 6.07 Å². The summed E-state index contributed by atoms with van der Waals surface area (Å²) < 4.78 is 10.9. The molecule has 1 saturated heterocycles. The van der Waals surface area contributed by atoms with Gasteiger partial charge in [0.1, 0.15) is 0 Å². The molecule has 1 fully saturated rings. The number of aryl methyl sites for hydroxylation is 1. The van der Waals surface area contributed by atoms with Crippen LogP contribution in [0.4, 0.5) is 0 Å². The number of benzene rings is 1. The fraction of sp³-hybridized carbons (Fsp3) is 0.304. The number of pyridine rings is 2. The SMILES string of the molecule is COc1cc2nccc(C/C(=N/N3CCCC3=O)c3cccc(C)n3)c2cc1OC. The van der Waals surface area contributed by atoms with Crippen LogP contribution in [-0.2, 0) is 11.2 Å². The monoisotopic (exact) mass is 404 g/mol. The summed E-state index contributed by atoms with van der Waals surface area (Å²) in [6.45, 7) is 2.58. The second-order valence-corrected chi connectivity index (χ2v) is 7.20. The van der Waals surface area contributed by atoms with Gasteiger partial charge in [-0.3, -0.25) is 14.8 Å². The van der Waals surface area contributed by atoms with Gasteiger partial charge in [0.2, 0.25) is 5.91 Å². The molecule has 154 valence electrons. The Morgan fingerprint density at radius 1 is 1.17 bits per heavy atom. The zero-order valence-corrected chi connectivity index (χ0v) is 17.4. The first-order chi connectivity index (χ1) is 14.6. The van der Waals surface area contributed by atoms with Crippen LogP contribution in [0.5, 0.6) is 11.5 Å². The quantitative estimate of drug-likeness (QED) is 0.588. The van der Waals surface area contributed by atoms with E-state index < -0.39 is 0 Å². The van der Waals surface area contributed by atoms with Gasteiger partial charge in [0.25, 0.3) is 0 Å². The molecule has 1 aliphatic rings. The zero-order valence-electron chi connectivity index (χ0n) is 17.4. The summed E-state index contributed by atoms with van der Waals surface area (Å²) in [5.41, 5.74) is 4.24. The van der Waals surface area contributed by atoms with Crippen molar-refractivity contribution in [2.24, 2.45) is 5.10 Å². The van der Waals surface area contributed by atoms with Gasteiger partial charge >= 0.3 is 0 Å². The molecule has 0 bridgehead atoms. The predicted molar refractivity (Wildman–Crippen MR) is 115 cm³/mol. The Kier molecular flexibility index (Phi) is 5.61. The number of hydrogen-bond acceptors (Lipinski definition) is 6. The van der Waals surface area contributed by atoms with Crippen molar-refractivity contribution < 1.29 is 14.3 Å². The number of hydrazone groups is 1. The highest BCUT2D eigenvalue weighted by atomic mass is 16.5. The van der Waals surface area contributed by atoms with Crippen LogP contribution < -0.4 is 9.47 Å². The first-order valence-electron chi connectivity index (χ1n) is 9.90. The number of hydrogen-bond donors (Lipinski definition) is 0. The fourth-order valence-electron chi connectivity index (χ4n) is 3.63. The van der Waals surface area contributed by atoms with Gasteiger partial charge in [-0.05, 0) is 43.2 Å². The molecule has 1 amide bonds. The van der Waals surface area contributed by atoms with E-state index in [1.54, 1.807) is 25.4 Å². The Balaban J connectivity index is 1.80. The third-order valence-electron chi connectivity index (χ3n) is 5.17. The number of nitrogens with zero attached hydrogens (tertiary/aromatic N) is 4. The number of amides is 1. The minimum Gasteiger partial charge on any atom is -0.493 e. The topological polar surface area (TPSA) is 76.9 Å². The minimum atomic E-state index is 0.0474. The average molecular weight is 404 g/mol. The molecule has 0 radical (unpaired) electrons. The molecule has 0 unspecified atom stereocenters. The second-order valence-electron chi connectivity index (χ2n) is 7.20. The molecule has 4 rings (SSSR count). The lowest BCUT2D eigenvalue weighted by Gasteiger charge is -2.15. The zero-order chi connectivity index (χ0) is 21.1. The van der Waals surface area contributed by atoms with Crippen LogP contribution in [0.1, 0.15) is 29.8 Å². The number of rotatable bonds is 6. The average Bonchev–Trinajstić information content (AvgIpc) is 3.16. The maximum Gasteiger partial charge on any atom is 0.242 e. The molecule has 1 aromatic carbocycles. The molecule has 7 heteroatoms. The number of aromatic nitrogens is 2. The van der Waals surface area contributed by atoms with E-state index in [0.717, 1.165) is 40.0 Å². The Hall–Kier alpha value is -3.48. The number of methoxy groups -OCH3 is 2. The standard InChI is InChI=1S/C23H24N4O3/c1-15-6-4-7-18(25-15)20(26-27-11-5-8-23(27)28)12-16-9-10-24-19-14-22(30-3)21(29-2)13-17(16)19/h4,6-7,9-10,13-14H,5,8,11-12H2,1-3H3/b26-20-.